The van der Waals surface area contributed by atoms with Crippen molar-refractivity contribution in [3.05, 3.63) is 46.4 Å². The Bertz CT molecular complexity index is 708. The number of hydrogen-bond donors (Lipinski definition) is 3. The van der Waals surface area contributed by atoms with E-state index in [-0.39, 0.29) is 27.8 Å². The van der Waals surface area contributed by atoms with Crippen LogP contribution in [0.25, 0.3) is 0 Å². The normalized spacial score (nSPS) is 11.5. The summed E-state index contributed by atoms with van der Waals surface area (Å²) in [7, 11) is 1.53. The summed E-state index contributed by atoms with van der Waals surface area (Å²) in [6, 6.07) is 3.90. The van der Waals surface area contributed by atoms with Crippen molar-refractivity contribution in [3.8, 4) is 0 Å². The summed E-state index contributed by atoms with van der Waals surface area (Å²) < 4.78 is 15.0. The number of carbonyl (C=O) groups is 1. The monoisotopic (exact) mass is 311 g/mol. The van der Waals surface area contributed by atoms with Gasteiger partial charge in [-0.1, -0.05) is 22.8 Å². The number of nitrogens with zero attached hydrogens (tertiary/aromatic N) is 3. The van der Waals surface area contributed by atoms with Gasteiger partial charge in [-0.3, -0.25) is 9.48 Å². The first kappa shape index (κ1) is 14.8. The third kappa shape index (κ3) is 2.79. The van der Waals surface area contributed by atoms with E-state index in [9.17, 15) is 9.18 Å². The first-order valence-electron chi connectivity index (χ1n) is 5.71. The molecule has 0 aliphatic heterocycles. The van der Waals surface area contributed by atoms with Gasteiger partial charge in [-0.05, 0) is 12.1 Å². The molecule has 0 saturated carbocycles. The Labute approximate surface area is 123 Å². The van der Waals surface area contributed by atoms with Crippen LogP contribution in [0.4, 0.5) is 10.2 Å². The van der Waals surface area contributed by atoms with Gasteiger partial charge in [-0.2, -0.15) is 5.10 Å². The zero-order valence-corrected chi connectivity index (χ0v) is 11.6. The number of nitrogens with two attached hydrogens (primary N) is 1. The molecule has 9 heteroatoms. The predicted octanol–water partition coefficient (Wildman–Crippen LogP) is 1.56. The maximum atomic E-state index is 13.7. The van der Waals surface area contributed by atoms with E-state index in [1.807, 2.05) is 0 Å². The number of benzene rings is 1. The topological polar surface area (TPSA) is 106 Å². The van der Waals surface area contributed by atoms with Crippen molar-refractivity contribution in [1.29, 1.82) is 0 Å². The Morgan fingerprint density at radius 1 is 1.57 bits per heavy atom. The van der Waals surface area contributed by atoms with Crippen molar-refractivity contribution in [2.75, 3.05) is 5.32 Å². The Hall–Kier alpha value is -2.61. The molecule has 7 nitrogen and oxygen atoms in total. The highest BCUT2D eigenvalue weighted by molar-refractivity contribution is 6.34. The maximum absolute atomic E-state index is 13.7. The number of amidine groups is 1. The number of halogens is 2. The van der Waals surface area contributed by atoms with E-state index in [1.165, 1.54) is 30.1 Å². The molecule has 0 unspecified atom stereocenters. The van der Waals surface area contributed by atoms with Crippen LogP contribution in [-0.2, 0) is 7.05 Å². The van der Waals surface area contributed by atoms with E-state index in [0.29, 0.717) is 0 Å². The molecule has 0 atom stereocenters. The number of hydrogen-bond acceptors (Lipinski definition) is 4. The highest BCUT2D eigenvalue weighted by atomic mass is 35.5. The fourth-order valence-electron chi connectivity index (χ4n) is 1.71. The molecule has 21 heavy (non-hydrogen) atoms. The zero-order valence-electron chi connectivity index (χ0n) is 10.8. The molecule has 0 bridgehead atoms. The third-order valence-electron chi connectivity index (χ3n) is 2.74. The largest absolute Gasteiger partial charge is 0.409 e. The van der Waals surface area contributed by atoms with E-state index in [2.05, 4.69) is 15.6 Å². The van der Waals surface area contributed by atoms with Gasteiger partial charge < -0.3 is 16.3 Å². The molecule has 2 aromatic rings. The smallest absolute Gasteiger partial charge is 0.261 e. The lowest BCUT2D eigenvalue weighted by molar-refractivity contribution is 0.102. The van der Waals surface area contributed by atoms with Gasteiger partial charge in [0.25, 0.3) is 5.91 Å². The van der Waals surface area contributed by atoms with Crippen LogP contribution < -0.4 is 11.1 Å². The van der Waals surface area contributed by atoms with Gasteiger partial charge in [0.05, 0.1) is 22.3 Å². The fourth-order valence-corrected chi connectivity index (χ4v) is 1.96. The zero-order chi connectivity index (χ0) is 15.6. The van der Waals surface area contributed by atoms with Crippen LogP contribution in [0.2, 0.25) is 5.02 Å². The summed E-state index contributed by atoms with van der Waals surface area (Å²) in [5.41, 5.74) is 5.37. The van der Waals surface area contributed by atoms with Gasteiger partial charge in [-0.15, -0.1) is 0 Å². The van der Waals surface area contributed by atoms with Crippen molar-refractivity contribution < 1.29 is 14.4 Å². The molecule has 2 rings (SSSR count). The number of rotatable bonds is 3. The van der Waals surface area contributed by atoms with Gasteiger partial charge in [-0.25, -0.2) is 4.39 Å². The number of carbonyl (C=O) groups excluding carboxylic acids is 1. The lowest BCUT2D eigenvalue weighted by Crippen LogP contribution is -2.21. The number of amides is 1. The molecule has 4 N–H and O–H groups in total. The lowest BCUT2D eigenvalue weighted by atomic mass is 10.2. The summed E-state index contributed by atoms with van der Waals surface area (Å²) in [6.45, 7) is 0. The Morgan fingerprint density at radius 2 is 2.29 bits per heavy atom. The van der Waals surface area contributed by atoms with Crippen LogP contribution in [0.1, 0.15) is 15.9 Å². The third-order valence-corrected chi connectivity index (χ3v) is 3.06. The molecule has 1 amide bonds. The van der Waals surface area contributed by atoms with Gasteiger partial charge in [0, 0.05) is 7.05 Å². The second-order valence-electron chi connectivity index (χ2n) is 4.07. The first-order valence-corrected chi connectivity index (χ1v) is 6.08. The quantitative estimate of drug-likeness (QED) is 0.346. The van der Waals surface area contributed by atoms with Crippen LogP contribution in [0.15, 0.2) is 29.6 Å². The molecular formula is C12H11ClFN5O2. The van der Waals surface area contributed by atoms with E-state index in [0.717, 1.165) is 6.07 Å². The second kappa shape index (κ2) is 5.80. The van der Waals surface area contributed by atoms with E-state index >= 15 is 0 Å². The molecule has 1 aromatic carbocycles. The summed E-state index contributed by atoms with van der Waals surface area (Å²) in [6.07, 6.45) is 1.30. The highest BCUT2D eigenvalue weighted by Gasteiger charge is 2.20. The SMILES string of the molecule is Cn1ncc(C(N)=NO)c1NC(=O)c1c(F)cccc1Cl. The lowest BCUT2D eigenvalue weighted by Gasteiger charge is -2.09. The van der Waals surface area contributed by atoms with Crippen molar-refractivity contribution in [2.24, 2.45) is 17.9 Å². The van der Waals surface area contributed by atoms with E-state index in [4.69, 9.17) is 22.5 Å². The first-order chi connectivity index (χ1) is 9.95. The second-order valence-corrected chi connectivity index (χ2v) is 4.47. The summed E-state index contributed by atoms with van der Waals surface area (Å²) in [4.78, 5) is 12.1. The molecule has 0 spiro atoms. The van der Waals surface area contributed by atoms with Gasteiger partial charge >= 0.3 is 0 Å². The molecule has 0 aliphatic carbocycles. The van der Waals surface area contributed by atoms with Crippen LogP contribution >= 0.6 is 11.6 Å². The molecule has 0 radical (unpaired) electrons. The average Bonchev–Trinajstić information content (AvgIpc) is 2.79. The van der Waals surface area contributed by atoms with Crippen molar-refractivity contribution >= 4 is 29.2 Å². The van der Waals surface area contributed by atoms with Crippen molar-refractivity contribution in [1.82, 2.24) is 9.78 Å². The minimum absolute atomic E-state index is 0.0278. The van der Waals surface area contributed by atoms with Gasteiger partial charge in [0.2, 0.25) is 0 Å². The van der Waals surface area contributed by atoms with Crippen LogP contribution in [0.3, 0.4) is 0 Å². The van der Waals surface area contributed by atoms with Gasteiger partial charge in [0.1, 0.15) is 11.6 Å². The predicted molar refractivity (Wildman–Crippen MR) is 75.1 cm³/mol. The van der Waals surface area contributed by atoms with Crippen LogP contribution in [-0.4, -0.2) is 26.7 Å². The van der Waals surface area contributed by atoms with Crippen molar-refractivity contribution in [2.45, 2.75) is 0 Å². The number of anilines is 1. The molecule has 0 saturated heterocycles. The van der Waals surface area contributed by atoms with E-state index < -0.39 is 11.7 Å². The molecule has 1 heterocycles. The molecule has 110 valence electrons. The molecule has 0 fully saturated rings. The Morgan fingerprint density at radius 3 is 2.90 bits per heavy atom. The van der Waals surface area contributed by atoms with Crippen LogP contribution in [0.5, 0.6) is 0 Å². The Kier molecular flexibility index (Phi) is 4.08. The average molecular weight is 312 g/mol. The van der Waals surface area contributed by atoms with Crippen LogP contribution in [0, 0.1) is 5.82 Å². The minimum Gasteiger partial charge on any atom is -0.409 e. The molecule has 0 aliphatic rings. The number of aryl methyl sites for hydroxylation is 1. The summed E-state index contributed by atoms with van der Waals surface area (Å²) in [5, 5.41) is 17.8. The summed E-state index contributed by atoms with van der Waals surface area (Å²) in [5.74, 6) is -1.62. The Balaban J connectivity index is 2.39. The fraction of sp³-hybridized carbons (Fsp3) is 0.0833. The van der Waals surface area contributed by atoms with E-state index in [1.54, 1.807) is 0 Å². The molecule has 1 aromatic heterocycles. The minimum atomic E-state index is -0.770. The number of aromatic nitrogens is 2. The maximum Gasteiger partial charge on any atom is 0.261 e. The number of oxime groups is 1. The summed E-state index contributed by atoms with van der Waals surface area (Å²) >= 11 is 5.82. The standard InChI is InChI=1S/C12H11ClFN5O2/c1-19-11(6(5-16-19)10(15)18-21)17-12(20)9-7(13)3-2-4-8(9)14/h2-5,21H,1H3,(H2,15,18)(H,17,20). The van der Waals surface area contributed by atoms with Crippen molar-refractivity contribution in [3.63, 3.8) is 0 Å². The highest BCUT2D eigenvalue weighted by Crippen LogP contribution is 2.21. The van der Waals surface area contributed by atoms with Gasteiger partial charge in [0.15, 0.2) is 5.84 Å². The molecular weight excluding hydrogens is 301 g/mol. The number of nitrogens with one attached hydrogen (secondary N) is 1.